The maximum Gasteiger partial charge on any atom is 0.262 e. The van der Waals surface area contributed by atoms with Gasteiger partial charge in [-0.2, -0.15) is 0 Å². The van der Waals surface area contributed by atoms with Crippen LogP contribution in [0.1, 0.15) is 5.56 Å². The molecule has 0 aliphatic heterocycles. The molecule has 0 bridgehead atoms. The van der Waals surface area contributed by atoms with Gasteiger partial charge < -0.3 is 25.4 Å². The lowest BCUT2D eigenvalue weighted by atomic mass is 10.1. The Hall–Kier alpha value is -3.18. The molecule has 0 aliphatic rings. The Kier molecular flexibility index (Phi) is 8.83. The SMILES string of the molecule is O=S(=O)(Nc1cc(C[C@@H](CO)NC[C@H](O)COc2ccc(F)cc2)ccc1O)c1ccccc1. The first-order valence-electron chi connectivity index (χ1n) is 10.6. The van der Waals surface area contributed by atoms with Gasteiger partial charge in [0.1, 0.15) is 30.0 Å². The quantitative estimate of drug-likeness (QED) is 0.246. The molecule has 8 nitrogen and oxygen atoms in total. The van der Waals surface area contributed by atoms with Crippen LogP contribution in [0.5, 0.6) is 11.5 Å². The van der Waals surface area contributed by atoms with E-state index in [2.05, 4.69) is 10.0 Å². The lowest BCUT2D eigenvalue weighted by Crippen LogP contribution is -2.41. The van der Waals surface area contributed by atoms with Crippen LogP contribution >= 0.6 is 0 Å². The molecule has 0 spiro atoms. The summed E-state index contributed by atoms with van der Waals surface area (Å²) in [4.78, 5) is 0.0616. The highest BCUT2D eigenvalue weighted by atomic mass is 32.2. The first-order chi connectivity index (χ1) is 16.3. The van der Waals surface area contributed by atoms with E-state index < -0.39 is 22.2 Å². The monoisotopic (exact) mass is 490 g/mol. The lowest BCUT2D eigenvalue weighted by molar-refractivity contribution is 0.0997. The first-order valence-corrected chi connectivity index (χ1v) is 12.1. The Morgan fingerprint density at radius 2 is 1.71 bits per heavy atom. The zero-order chi connectivity index (χ0) is 24.6. The normalized spacial score (nSPS) is 13.3. The van der Waals surface area contributed by atoms with Crippen molar-refractivity contribution in [1.82, 2.24) is 5.32 Å². The van der Waals surface area contributed by atoms with Crippen molar-refractivity contribution >= 4 is 15.7 Å². The van der Waals surface area contributed by atoms with Crippen molar-refractivity contribution in [3.8, 4) is 11.5 Å². The highest BCUT2D eigenvalue weighted by Gasteiger charge is 2.17. The maximum absolute atomic E-state index is 12.9. The molecule has 0 aliphatic carbocycles. The van der Waals surface area contributed by atoms with E-state index >= 15 is 0 Å². The van der Waals surface area contributed by atoms with Gasteiger partial charge in [0.2, 0.25) is 0 Å². The maximum atomic E-state index is 12.9. The van der Waals surface area contributed by atoms with Crippen LogP contribution in [0.15, 0.2) is 77.7 Å². The van der Waals surface area contributed by atoms with Gasteiger partial charge >= 0.3 is 0 Å². The number of halogens is 1. The Bertz CT molecular complexity index is 1160. The molecule has 0 amide bonds. The van der Waals surface area contributed by atoms with Crippen LogP contribution in [-0.2, 0) is 16.4 Å². The number of phenolic OH excluding ortho intramolecular Hbond substituents is 1. The minimum Gasteiger partial charge on any atom is -0.506 e. The van der Waals surface area contributed by atoms with E-state index in [4.69, 9.17) is 4.74 Å². The fraction of sp³-hybridized carbons (Fsp3) is 0.250. The molecule has 0 fully saturated rings. The summed E-state index contributed by atoms with van der Waals surface area (Å²) in [6, 6.07) is 17.3. The molecule has 0 radical (unpaired) electrons. The van der Waals surface area contributed by atoms with Gasteiger partial charge in [-0.25, -0.2) is 12.8 Å². The number of aromatic hydroxyl groups is 1. The van der Waals surface area contributed by atoms with Crippen molar-refractivity contribution < 1.29 is 32.9 Å². The van der Waals surface area contributed by atoms with Gasteiger partial charge in [-0.1, -0.05) is 24.3 Å². The topological polar surface area (TPSA) is 128 Å². The van der Waals surface area contributed by atoms with E-state index in [1.54, 1.807) is 24.3 Å². The number of aliphatic hydroxyl groups excluding tert-OH is 2. The van der Waals surface area contributed by atoms with Crippen molar-refractivity contribution in [2.45, 2.75) is 23.5 Å². The summed E-state index contributed by atoms with van der Waals surface area (Å²) in [7, 11) is -3.88. The largest absolute Gasteiger partial charge is 0.506 e. The van der Waals surface area contributed by atoms with E-state index in [1.807, 2.05) is 0 Å². The van der Waals surface area contributed by atoms with Crippen molar-refractivity contribution in [3.63, 3.8) is 0 Å². The lowest BCUT2D eigenvalue weighted by Gasteiger charge is -2.20. The van der Waals surface area contributed by atoms with Crippen molar-refractivity contribution in [1.29, 1.82) is 0 Å². The number of nitrogens with one attached hydrogen (secondary N) is 2. The zero-order valence-electron chi connectivity index (χ0n) is 18.3. The molecule has 3 aromatic carbocycles. The van der Waals surface area contributed by atoms with Gasteiger partial charge in [-0.3, -0.25) is 4.72 Å². The number of benzene rings is 3. The standard InChI is InChI=1S/C24H27FN2O6S/c25-18-7-9-21(10-8-18)33-16-20(29)14-26-19(15-28)12-17-6-11-24(30)23(13-17)27-34(31,32)22-4-2-1-3-5-22/h1-11,13,19-20,26-30H,12,14-16H2/t19-,20-/m0/s1. The molecule has 182 valence electrons. The number of hydrogen-bond donors (Lipinski definition) is 5. The predicted molar refractivity (Wildman–Crippen MR) is 126 cm³/mol. The van der Waals surface area contributed by atoms with Crippen molar-refractivity contribution in [3.05, 3.63) is 84.2 Å². The van der Waals surface area contributed by atoms with Crippen LogP contribution in [0.3, 0.4) is 0 Å². The van der Waals surface area contributed by atoms with Crippen LogP contribution in [0.4, 0.5) is 10.1 Å². The van der Waals surface area contributed by atoms with Gasteiger partial charge in [0.25, 0.3) is 10.0 Å². The molecule has 5 N–H and O–H groups in total. The summed E-state index contributed by atoms with van der Waals surface area (Å²) in [6.45, 7) is -0.142. The molecule has 0 saturated carbocycles. The molecule has 2 atom stereocenters. The number of aliphatic hydroxyl groups is 2. The third-order valence-electron chi connectivity index (χ3n) is 4.96. The molecule has 3 aromatic rings. The second kappa shape index (κ2) is 11.8. The average molecular weight is 491 g/mol. The number of rotatable bonds is 12. The summed E-state index contributed by atoms with van der Waals surface area (Å²) in [6.07, 6.45) is -0.574. The molecule has 0 saturated heterocycles. The van der Waals surface area contributed by atoms with E-state index in [0.29, 0.717) is 17.7 Å². The minimum atomic E-state index is -3.88. The molecule has 3 rings (SSSR count). The summed E-state index contributed by atoms with van der Waals surface area (Å²) >= 11 is 0. The van der Waals surface area contributed by atoms with Crippen molar-refractivity contribution in [2.24, 2.45) is 0 Å². The Balaban J connectivity index is 1.56. The van der Waals surface area contributed by atoms with Gasteiger partial charge in [0.05, 0.1) is 17.2 Å². The molecule has 0 unspecified atom stereocenters. The highest BCUT2D eigenvalue weighted by molar-refractivity contribution is 7.92. The number of hydrogen-bond acceptors (Lipinski definition) is 7. The fourth-order valence-corrected chi connectivity index (χ4v) is 4.25. The zero-order valence-corrected chi connectivity index (χ0v) is 19.1. The van der Waals surface area contributed by atoms with Gasteiger partial charge in [0, 0.05) is 12.6 Å². The Labute approximate surface area is 197 Å². The molecule has 0 aromatic heterocycles. The highest BCUT2D eigenvalue weighted by Crippen LogP contribution is 2.27. The van der Waals surface area contributed by atoms with Crippen LogP contribution in [0, 0.1) is 5.82 Å². The van der Waals surface area contributed by atoms with Crippen molar-refractivity contribution in [2.75, 3.05) is 24.5 Å². The predicted octanol–water partition coefficient (Wildman–Crippen LogP) is 2.26. The van der Waals surface area contributed by atoms with Crippen LogP contribution < -0.4 is 14.8 Å². The molecule has 10 heteroatoms. The van der Waals surface area contributed by atoms with E-state index in [1.165, 1.54) is 48.5 Å². The summed E-state index contributed by atoms with van der Waals surface area (Å²) < 4.78 is 45.9. The third kappa shape index (κ3) is 7.42. The second-order valence-corrected chi connectivity index (χ2v) is 9.36. The second-order valence-electron chi connectivity index (χ2n) is 7.68. The van der Waals surface area contributed by atoms with E-state index in [9.17, 15) is 28.1 Å². The van der Waals surface area contributed by atoms with Gasteiger partial charge in [0.15, 0.2) is 0 Å². The summed E-state index contributed by atoms with van der Waals surface area (Å²) in [5.74, 6) is -0.190. The van der Waals surface area contributed by atoms with E-state index in [-0.39, 0.29) is 41.9 Å². The fourth-order valence-electron chi connectivity index (χ4n) is 3.17. The summed E-state index contributed by atoms with van der Waals surface area (Å²) in [5, 5.41) is 33.0. The van der Waals surface area contributed by atoms with Crippen LogP contribution in [0.25, 0.3) is 0 Å². The van der Waals surface area contributed by atoms with Gasteiger partial charge in [-0.15, -0.1) is 0 Å². The average Bonchev–Trinajstić information content (AvgIpc) is 2.83. The van der Waals surface area contributed by atoms with Crippen LogP contribution in [0.2, 0.25) is 0 Å². The van der Waals surface area contributed by atoms with Gasteiger partial charge in [-0.05, 0) is 60.5 Å². The Morgan fingerprint density at radius 1 is 1.00 bits per heavy atom. The number of ether oxygens (including phenoxy) is 1. The Morgan fingerprint density at radius 3 is 2.38 bits per heavy atom. The smallest absolute Gasteiger partial charge is 0.262 e. The number of phenols is 1. The molecular weight excluding hydrogens is 463 g/mol. The minimum absolute atomic E-state index is 0.0192. The molecular formula is C24H27FN2O6S. The first kappa shape index (κ1) is 25.4. The van der Waals surface area contributed by atoms with E-state index in [0.717, 1.165) is 0 Å². The summed E-state index contributed by atoms with van der Waals surface area (Å²) in [5.41, 5.74) is 0.679. The molecule has 0 heterocycles. The number of anilines is 1. The van der Waals surface area contributed by atoms with Crippen LogP contribution in [-0.4, -0.2) is 55.6 Å². The number of sulfonamides is 1. The third-order valence-corrected chi connectivity index (χ3v) is 6.34. The molecule has 34 heavy (non-hydrogen) atoms.